The highest BCUT2D eigenvalue weighted by molar-refractivity contribution is 8.18. The van der Waals surface area contributed by atoms with Crippen molar-refractivity contribution in [1.29, 1.82) is 0 Å². The number of hydrogen-bond acceptors (Lipinski definition) is 7. The summed E-state index contributed by atoms with van der Waals surface area (Å²) in [6.07, 6.45) is 1.53. The summed E-state index contributed by atoms with van der Waals surface area (Å²) in [6.45, 7) is -0.313. The first kappa shape index (κ1) is 20.1. The Balaban J connectivity index is 1.51. The second-order valence-electron chi connectivity index (χ2n) is 6.27. The summed E-state index contributed by atoms with van der Waals surface area (Å²) in [5.74, 6) is 0.439. The Hall–Kier alpha value is -3.17. The van der Waals surface area contributed by atoms with Gasteiger partial charge in [0.1, 0.15) is 12.3 Å². The number of nitrogens with one attached hydrogen (secondary N) is 1. The van der Waals surface area contributed by atoms with E-state index in [-0.39, 0.29) is 11.7 Å². The predicted octanol–water partition coefficient (Wildman–Crippen LogP) is 3.75. The van der Waals surface area contributed by atoms with Gasteiger partial charge in [0.25, 0.3) is 11.1 Å². The molecular formula is C20H15ClN2O6S. The fourth-order valence-corrected chi connectivity index (χ4v) is 3.94. The van der Waals surface area contributed by atoms with Gasteiger partial charge in [0.2, 0.25) is 12.7 Å². The van der Waals surface area contributed by atoms with Gasteiger partial charge in [0.15, 0.2) is 11.5 Å². The van der Waals surface area contributed by atoms with Gasteiger partial charge in [0, 0.05) is 22.3 Å². The molecule has 1 fully saturated rings. The number of methoxy groups -OCH3 is 1. The van der Waals surface area contributed by atoms with Gasteiger partial charge < -0.3 is 19.5 Å². The van der Waals surface area contributed by atoms with Gasteiger partial charge in [-0.1, -0.05) is 17.7 Å². The van der Waals surface area contributed by atoms with Crippen LogP contribution in [0.3, 0.4) is 0 Å². The van der Waals surface area contributed by atoms with Crippen molar-refractivity contribution >= 4 is 52.2 Å². The van der Waals surface area contributed by atoms with Crippen LogP contribution in [-0.2, 0) is 9.59 Å². The summed E-state index contributed by atoms with van der Waals surface area (Å²) < 4.78 is 16.0. The zero-order chi connectivity index (χ0) is 21.3. The maximum Gasteiger partial charge on any atom is 0.294 e. The first-order valence-corrected chi connectivity index (χ1v) is 9.92. The number of fused-ring (bicyclic) bond motifs is 1. The van der Waals surface area contributed by atoms with E-state index in [1.165, 1.54) is 13.2 Å². The molecule has 2 aliphatic heterocycles. The van der Waals surface area contributed by atoms with Gasteiger partial charge in [-0.25, -0.2) is 0 Å². The Labute approximate surface area is 180 Å². The van der Waals surface area contributed by atoms with E-state index in [1.807, 2.05) is 0 Å². The van der Waals surface area contributed by atoms with Crippen LogP contribution in [0.1, 0.15) is 5.56 Å². The summed E-state index contributed by atoms with van der Waals surface area (Å²) in [5.41, 5.74) is 1.02. The minimum atomic E-state index is -0.564. The van der Waals surface area contributed by atoms with Crippen LogP contribution in [-0.4, -0.2) is 42.4 Å². The maximum absolute atomic E-state index is 12.7. The van der Waals surface area contributed by atoms with E-state index < -0.39 is 23.6 Å². The lowest BCUT2D eigenvalue weighted by atomic mass is 10.1. The van der Waals surface area contributed by atoms with Gasteiger partial charge >= 0.3 is 0 Å². The van der Waals surface area contributed by atoms with Crippen molar-refractivity contribution in [3.05, 3.63) is 51.9 Å². The topological polar surface area (TPSA) is 94.2 Å². The van der Waals surface area contributed by atoms with Crippen molar-refractivity contribution < 1.29 is 28.6 Å². The first-order chi connectivity index (χ1) is 14.4. The molecule has 2 aromatic rings. The predicted molar refractivity (Wildman–Crippen MR) is 112 cm³/mol. The second-order valence-corrected chi connectivity index (χ2v) is 7.70. The van der Waals surface area contributed by atoms with Crippen molar-refractivity contribution in [1.82, 2.24) is 4.90 Å². The third kappa shape index (κ3) is 4.07. The zero-order valence-electron chi connectivity index (χ0n) is 15.6. The number of hydrogen-bond donors (Lipinski definition) is 1. The molecule has 0 saturated carbocycles. The van der Waals surface area contributed by atoms with E-state index in [1.54, 1.807) is 36.4 Å². The van der Waals surface area contributed by atoms with Crippen molar-refractivity contribution in [3.8, 4) is 17.2 Å². The van der Waals surface area contributed by atoms with Crippen LogP contribution in [0.2, 0.25) is 5.02 Å². The van der Waals surface area contributed by atoms with E-state index in [9.17, 15) is 14.4 Å². The lowest BCUT2D eigenvalue weighted by molar-refractivity contribution is -0.127. The van der Waals surface area contributed by atoms with E-state index in [2.05, 4.69) is 5.32 Å². The number of thioether (sulfide) groups is 1. The Morgan fingerprint density at radius 1 is 1.27 bits per heavy atom. The highest BCUT2D eigenvalue weighted by Gasteiger charge is 2.36. The van der Waals surface area contributed by atoms with Gasteiger partial charge in [-0.3, -0.25) is 19.3 Å². The van der Waals surface area contributed by atoms with E-state index in [0.29, 0.717) is 33.5 Å². The van der Waals surface area contributed by atoms with Crippen LogP contribution < -0.4 is 19.5 Å². The molecule has 4 rings (SSSR count). The molecule has 0 aliphatic carbocycles. The third-order valence-corrected chi connectivity index (χ3v) is 5.44. The van der Waals surface area contributed by atoms with E-state index >= 15 is 0 Å². The molecular weight excluding hydrogens is 432 g/mol. The maximum atomic E-state index is 12.7. The number of ether oxygens (including phenoxy) is 3. The van der Waals surface area contributed by atoms with Gasteiger partial charge in [-0.15, -0.1) is 0 Å². The highest BCUT2D eigenvalue weighted by Crippen LogP contribution is 2.40. The number of anilines is 1. The van der Waals surface area contributed by atoms with Crippen molar-refractivity contribution in [2.24, 2.45) is 0 Å². The molecule has 10 heteroatoms. The van der Waals surface area contributed by atoms with Crippen molar-refractivity contribution in [3.63, 3.8) is 0 Å². The Morgan fingerprint density at radius 3 is 2.77 bits per heavy atom. The summed E-state index contributed by atoms with van der Waals surface area (Å²) in [7, 11) is 1.49. The van der Waals surface area contributed by atoms with Gasteiger partial charge in [-0.2, -0.15) is 0 Å². The van der Waals surface area contributed by atoms with Gasteiger partial charge in [0.05, 0.1) is 12.0 Å². The molecule has 2 aromatic carbocycles. The molecule has 0 radical (unpaired) electrons. The largest absolute Gasteiger partial charge is 0.496 e. The van der Waals surface area contributed by atoms with E-state index in [0.717, 1.165) is 16.7 Å². The minimum absolute atomic E-state index is 0.0974. The smallest absolute Gasteiger partial charge is 0.294 e. The van der Waals surface area contributed by atoms with E-state index in [4.69, 9.17) is 25.8 Å². The Kier molecular flexibility index (Phi) is 5.56. The van der Waals surface area contributed by atoms with Crippen LogP contribution in [0.15, 0.2) is 41.3 Å². The van der Waals surface area contributed by atoms with Crippen LogP contribution in [0.5, 0.6) is 17.2 Å². The molecule has 0 spiro atoms. The summed E-state index contributed by atoms with van der Waals surface area (Å²) in [6, 6.07) is 9.89. The monoisotopic (exact) mass is 446 g/mol. The van der Waals surface area contributed by atoms with Gasteiger partial charge in [-0.05, 0) is 42.1 Å². The lowest BCUT2D eigenvalue weighted by Gasteiger charge is -2.12. The molecule has 30 heavy (non-hydrogen) atoms. The highest BCUT2D eigenvalue weighted by atomic mass is 35.5. The number of nitrogens with zero attached hydrogens (tertiary/aromatic N) is 1. The SMILES string of the molecule is COc1cc2c(cc1/C=C1/SC(=O)N(CC(=O)Nc3cccc(Cl)c3)C1=O)OCO2. The number of carbonyl (C=O) groups is 3. The molecule has 1 N–H and O–H groups in total. The quantitative estimate of drug-likeness (QED) is 0.699. The Morgan fingerprint density at radius 2 is 2.03 bits per heavy atom. The number of rotatable bonds is 5. The Bertz CT molecular complexity index is 1090. The molecule has 3 amide bonds. The molecule has 0 unspecified atom stereocenters. The lowest BCUT2D eigenvalue weighted by Crippen LogP contribution is -2.36. The molecule has 2 aliphatic rings. The molecule has 8 nitrogen and oxygen atoms in total. The molecule has 154 valence electrons. The van der Waals surface area contributed by atoms with Crippen LogP contribution in [0.4, 0.5) is 10.5 Å². The fraction of sp³-hybridized carbons (Fsp3) is 0.150. The summed E-state index contributed by atoms with van der Waals surface area (Å²) in [4.78, 5) is 38.4. The number of carbonyl (C=O) groups excluding carboxylic acids is 3. The normalized spacial score (nSPS) is 16.3. The van der Waals surface area contributed by atoms with Crippen LogP contribution >= 0.6 is 23.4 Å². The fourth-order valence-electron chi connectivity index (χ4n) is 2.92. The summed E-state index contributed by atoms with van der Waals surface area (Å²) in [5, 5.41) is 2.54. The number of amides is 3. The number of imide groups is 1. The summed E-state index contributed by atoms with van der Waals surface area (Å²) >= 11 is 6.64. The van der Waals surface area contributed by atoms with Crippen LogP contribution in [0.25, 0.3) is 6.08 Å². The average molecular weight is 447 g/mol. The molecule has 0 bridgehead atoms. The molecule has 0 aromatic heterocycles. The van der Waals surface area contributed by atoms with Crippen molar-refractivity contribution in [2.45, 2.75) is 0 Å². The number of halogens is 1. The average Bonchev–Trinajstić information content (AvgIpc) is 3.26. The van der Waals surface area contributed by atoms with Crippen molar-refractivity contribution in [2.75, 3.05) is 25.8 Å². The second kappa shape index (κ2) is 8.29. The molecule has 1 saturated heterocycles. The zero-order valence-corrected chi connectivity index (χ0v) is 17.2. The minimum Gasteiger partial charge on any atom is -0.496 e. The molecule has 2 heterocycles. The molecule has 0 atom stereocenters. The third-order valence-electron chi connectivity index (χ3n) is 4.30. The van der Waals surface area contributed by atoms with Crippen LogP contribution in [0, 0.1) is 0 Å². The number of benzene rings is 2. The first-order valence-electron chi connectivity index (χ1n) is 8.73. The standard InChI is InChI=1S/C20H15ClN2O6S/c1-27-14-8-16-15(28-10-29-16)5-11(14)6-17-19(25)23(20(26)30-17)9-18(24)22-13-4-2-3-12(21)7-13/h2-8H,9-10H2,1H3,(H,22,24)/b17-6+.